The Morgan fingerprint density at radius 1 is 1.06 bits per heavy atom. The number of amides is 1. The lowest BCUT2D eigenvalue weighted by atomic mass is 9.89. The molecule has 4 aliphatic rings. The van der Waals surface area contributed by atoms with E-state index in [-0.39, 0.29) is 11.8 Å². The summed E-state index contributed by atoms with van der Waals surface area (Å²) in [5, 5.41) is 5.89. The highest BCUT2D eigenvalue weighted by atomic mass is 35.5. The quantitative estimate of drug-likeness (QED) is 0.375. The van der Waals surface area contributed by atoms with E-state index in [1.54, 1.807) is 0 Å². The number of benzene rings is 2. The minimum absolute atomic E-state index is 0.0434. The fourth-order valence-corrected chi connectivity index (χ4v) is 8.73. The molecular weight excluding hydrogens is 470 g/mol. The highest BCUT2D eigenvalue weighted by Crippen LogP contribution is 2.42. The lowest BCUT2D eigenvalue weighted by Crippen LogP contribution is -2.50. The second-order valence-corrected chi connectivity index (χ2v) is 15.0. The van der Waals surface area contributed by atoms with E-state index in [1.165, 1.54) is 56.9 Å². The molecule has 0 aromatic heterocycles. The molecule has 6 heteroatoms. The number of allylic oxidation sites excluding steroid dienone is 5. The maximum absolute atomic E-state index is 11.7. The standard InChI is InChI=1S/C29H30ClN3OSi/c1-35(2)26-17-22(32-13-3-14-32)9-11-24(26)29(20-5-7-21(8-6-20)31-28(34)19-30)25-12-10-23(18-27(25)35)33-15-4-16-33/h5-12,17-18H,3-4,13-16,19H2,1-2H3/p+1. The van der Waals surface area contributed by atoms with Crippen LogP contribution in [0.3, 0.4) is 0 Å². The molecule has 3 heterocycles. The number of carbonyl (C=O) groups excluding carboxylic acids is 1. The molecule has 3 aliphatic heterocycles. The molecule has 0 bridgehead atoms. The number of alkyl halides is 1. The van der Waals surface area contributed by atoms with Gasteiger partial charge in [0.15, 0.2) is 5.71 Å². The van der Waals surface area contributed by atoms with E-state index in [9.17, 15) is 4.79 Å². The summed E-state index contributed by atoms with van der Waals surface area (Å²) in [4.78, 5) is 14.2. The predicted molar refractivity (Wildman–Crippen MR) is 149 cm³/mol. The van der Waals surface area contributed by atoms with Gasteiger partial charge in [-0.2, -0.15) is 0 Å². The highest BCUT2D eigenvalue weighted by molar-refractivity contribution is 6.98. The van der Waals surface area contributed by atoms with Crippen molar-refractivity contribution >= 4 is 53.4 Å². The van der Waals surface area contributed by atoms with Crippen LogP contribution in [-0.2, 0) is 4.79 Å². The molecule has 2 aromatic carbocycles. The molecule has 2 fully saturated rings. The topological polar surface area (TPSA) is 35.4 Å². The van der Waals surface area contributed by atoms with Crippen molar-refractivity contribution in [2.24, 2.45) is 0 Å². The highest BCUT2D eigenvalue weighted by Gasteiger charge is 2.41. The van der Waals surface area contributed by atoms with Crippen LogP contribution in [0.25, 0.3) is 5.57 Å². The molecule has 0 saturated carbocycles. The Labute approximate surface area is 213 Å². The number of halogens is 1. The van der Waals surface area contributed by atoms with Gasteiger partial charge in [-0.05, 0) is 69.4 Å². The summed E-state index contributed by atoms with van der Waals surface area (Å²) in [5.74, 6) is -0.233. The first-order valence-corrected chi connectivity index (χ1v) is 16.1. The summed E-state index contributed by atoms with van der Waals surface area (Å²) in [6.45, 7) is 9.63. The molecule has 1 aliphatic carbocycles. The first kappa shape index (κ1) is 22.6. The molecule has 0 spiro atoms. The largest absolute Gasteiger partial charge is 0.371 e. The van der Waals surface area contributed by atoms with Crippen molar-refractivity contribution in [2.45, 2.75) is 25.9 Å². The third-order valence-electron chi connectivity index (χ3n) is 7.91. The van der Waals surface area contributed by atoms with E-state index in [0.29, 0.717) is 0 Å². The SMILES string of the molecule is C[Si]1(C)C2=CC(=[N+]3CCC3)C=CC2=C(c2ccc(NC(=O)CCl)cc2)c2ccc(N3CCC3)cc21. The first-order chi connectivity index (χ1) is 17.0. The average Bonchev–Trinajstić information content (AvgIpc) is 2.79. The van der Waals surface area contributed by atoms with E-state index in [4.69, 9.17) is 11.6 Å². The minimum atomic E-state index is -1.92. The van der Waals surface area contributed by atoms with Crippen molar-refractivity contribution in [2.75, 3.05) is 42.3 Å². The van der Waals surface area contributed by atoms with Crippen molar-refractivity contribution in [1.29, 1.82) is 0 Å². The molecule has 4 nitrogen and oxygen atoms in total. The van der Waals surface area contributed by atoms with E-state index < -0.39 is 8.07 Å². The van der Waals surface area contributed by atoms with Crippen molar-refractivity contribution in [3.63, 3.8) is 0 Å². The van der Waals surface area contributed by atoms with Crippen molar-refractivity contribution in [1.82, 2.24) is 0 Å². The van der Waals surface area contributed by atoms with Gasteiger partial charge in [0, 0.05) is 36.6 Å². The molecule has 1 N–H and O–H groups in total. The number of hydrogen-bond donors (Lipinski definition) is 1. The molecular formula is C29H31ClN3OSi+. The zero-order valence-electron chi connectivity index (χ0n) is 20.4. The average molecular weight is 501 g/mol. The third-order valence-corrected chi connectivity index (χ3v) is 11.7. The lowest BCUT2D eigenvalue weighted by Gasteiger charge is -2.40. The summed E-state index contributed by atoms with van der Waals surface area (Å²) >= 11 is 5.67. The van der Waals surface area contributed by atoms with Gasteiger partial charge in [-0.25, -0.2) is 4.58 Å². The van der Waals surface area contributed by atoms with Gasteiger partial charge in [-0.15, -0.1) is 11.6 Å². The number of fused-ring (bicyclic) bond motifs is 2. The van der Waals surface area contributed by atoms with Crippen LogP contribution in [0, 0.1) is 0 Å². The normalized spacial score (nSPS) is 20.0. The second kappa shape index (κ2) is 8.65. The number of nitrogens with one attached hydrogen (secondary N) is 1. The summed E-state index contributed by atoms with van der Waals surface area (Å²) in [7, 11) is -1.92. The van der Waals surface area contributed by atoms with Gasteiger partial charge < -0.3 is 10.2 Å². The van der Waals surface area contributed by atoms with Crippen LogP contribution < -0.4 is 15.4 Å². The maximum atomic E-state index is 11.7. The van der Waals surface area contributed by atoms with E-state index in [1.807, 2.05) is 12.1 Å². The van der Waals surface area contributed by atoms with Gasteiger partial charge in [0.2, 0.25) is 5.91 Å². The fourth-order valence-electron chi connectivity index (χ4n) is 5.59. The van der Waals surface area contributed by atoms with E-state index >= 15 is 0 Å². The Morgan fingerprint density at radius 2 is 1.83 bits per heavy atom. The van der Waals surface area contributed by atoms with Gasteiger partial charge in [0.25, 0.3) is 0 Å². The number of nitrogens with zero attached hydrogens (tertiary/aromatic N) is 2. The summed E-state index contributed by atoms with van der Waals surface area (Å²) in [6, 6.07) is 15.3. The van der Waals surface area contributed by atoms with Gasteiger partial charge in [-0.3, -0.25) is 4.79 Å². The van der Waals surface area contributed by atoms with E-state index in [0.717, 1.165) is 31.9 Å². The summed E-state index contributed by atoms with van der Waals surface area (Å²) < 4.78 is 2.49. The van der Waals surface area contributed by atoms with Crippen LogP contribution in [0.15, 0.2) is 71.5 Å². The zero-order chi connectivity index (χ0) is 24.2. The number of hydrogen-bond acceptors (Lipinski definition) is 2. The van der Waals surface area contributed by atoms with Crippen LogP contribution in [0.4, 0.5) is 11.4 Å². The predicted octanol–water partition coefficient (Wildman–Crippen LogP) is 4.70. The molecule has 1 amide bonds. The molecule has 0 radical (unpaired) electrons. The van der Waals surface area contributed by atoms with Crippen molar-refractivity contribution in [3.8, 4) is 0 Å². The molecule has 6 rings (SSSR count). The van der Waals surface area contributed by atoms with Gasteiger partial charge in [-0.1, -0.05) is 31.3 Å². The Morgan fingerprint density at radius 3 is 2.46 bits per heavy atom. The van der Waals surface area contributed by atoms with Crippen LogP contribution in [0.1, 0.15) is 24.0 Å². The lowest BCUT2D eigenvalue weighted by molar-refractivity contribution is -0.582. The van der Waals surface area contributed by atoms with Crippen molar-refractivity contribution < 1.29 is 9.37 Å². The van der Waals surface area contributed by atoms with Gasteiger partial charge in [0.05, 0.1) is 6.42 Å². The van der Waals surface area contributed by atoms with Crippen LogP contribution in [-0.4, -0.2) is 56.3 Å². The molecule has 178 valence electrons. The molecule has 2 aromatic rings. The zero-order valence-corrected chi connectivity index (χ0v) is 22.2. The third kappa shape index (κ3) is 3.82. The number of anilines is 2. The summed E-state index contributed by atoms with van der Waals surface area (Å²) in [5.41, 5.74) is 8.66. The van der Waals surface area contributed by atoms with Gasteiger partial charge in [0.1, 0.15) is 27.0 Å². The molecule has 2 saturated heterocycles. The fraction of sp³-hybridized carbons (Fsp3) is 0.310. The van der Waals surface area contributed by atoms with Crippen molar-refractivity contribution in [3.05, 3.63) is 82.6 Å². The molecule has 0 unspecified atom stereocenters. The number of rotatable bonds is 4. The Kier molecular flexibility index (Phi) is 5.57. The maximum Gasteiger partial charge on any atom is 0.239 e. The summed E-state index contributed by atoms with van der Waals surface area (Å²) in [6.07, 6.45) is 9.70. The van der Waals surface area contributed by atoms with Crippen LogP contribution in [0.5, 0.6) is 0 Å². The second-order valence-electron chi connectivity index (χ2n) is 10.4. The first-order valence-electron chi connectivity index (χ1n) is 12.6. The Hall–Kier alpha value is -2.89. The monoisotopic (exact) mass is 500 g/mol. The van der Waals surface area contributed by atoms with E-state index in [2.05, 4.69) is 76.4 Å². The molecule has 0 atom stereocenters. The smallest absolute Gasteiger partial charge is 0.239 e. The van der Waals surface area contributed by atoms with Crippen LogP contribution in [0.2, 0.25) is 13.1 Å². The minimum Gasteiger partial charge on any atom is -0.371 e. The van der Waals surface area contributed by atoms with Gasteiger partial charge >= 0.3 is 0 Å². The van der Waals surface area contributed by atoms with Crippen LogP contribution >= 0.6 is 11.6 Å². The Balaban J connectivity index is 1.52. The molecule has 35 heavy (non-hydrogen) atoms. The number of carbonyl (C=O) groups is 1. The Bertz CT molecular complexity index is 1340.